The van der Waals surface area contributed by atoms with Gasteiger partial charge in [-0.25, -0.2) is 0 Å². The maximum absolute atomic E-state index is 2.30. The molecule has 0 bridgehead atoms. The van der Waals surface area contributed by atoms with Gasteiger partial charge in [-0.05, 0) is 110 Å². The first-order chi connectivity index (χ1) is 11.3. The van der Waals surface area contributed by atoms with E-state index in [0.29, 0.717) is 0 Å². The van der Waals surface area contributed by atoms with Gasteiger partial charge < -0.3 is 0 Å². The van der Waals surface area contributed by atoms with Crippen LogP contribution in [0.25, 0.3) is 32.7 Å². The predicted octanol–water partition coefficient (Wildman–Crippen LogP) is 5.61. The average Bonchev–Trinajstić information content (AvgIpc) is 2.53. The number of benzene rings is 3. The van der Waals surface area contributed by atoms with Crippen molar-refractivity contribution >= 4 is 32.7 Å². The van der Waals surface area contributed by atoms with Crippen molar-refractivity contribution < 1.29 is 0 Å². The fourth-order valence-corrected chi connectivity index (χ4v) is 4.59. The van der Waals surface area contributed by atoms with Crippen molar-refractivity contribution in [3.05, 3.63) is 57.0 Å². The van der Waals surface area contributed by atoms with Crippen molar-refractivity contribution in [2.45, 2.75) is 55.4 Å². The molecule has 0 N–H and O–H groups in total. The minimum Gasteiger partial charge on any atom is -0.0683 e. The minimum atomic E-state index is 1.38. The lowest BCUT2D eigenvalue weighted by atomic mass is 9.85. The molecule has 0 saturated carbocycles. The number of aryl methyl sites for hydroxylation is 4. The van der Waals surface area contributed by atoms with E-state index in [4.69, 9.17) is 0 Å². The standard InChI is InChI=1S/C24H28/c1-13(2)21-17(7)23-15(5)19-11-9-10-12-20(19)16(6)24(23)18(8)22(21)14(3)4/h9-12H,1-8H3. The maximum Gasteiger partial charge on any atom is -0.0107 e. The number of hydrogen-bond acceptors (Lipinski definition) is 0. The van der Waals surface area contributed by atoms with Crippen LogP contribution in [0.3, 0.4) is 0 Å². The normalized spacial score (nSPS) is 11.3. The van der Waals surface area contributed by atoms with Gasteiger partial charge in [0.25, 0.3) is 0 Å². The van der Waals surface area contributed by atoms with Crippen molar-refractivity contribution in [2.75, 3.05) is 0 Å². The molecule has 0 aliphatic carbocycles. The summed E-state index contributed by atoms with van der Waals surface area (Å²) >= 11 is 0. The van der Waals surface area contributed by atoms with Crippen LogP contribution in [0.15, 0.2) is 24.3 Å². The zero-order valence-electron chi connectivity index (χ0n) is 16.3. The molecule has 0 amide bonds. The molecule has 0 aromatic heterocycles. The molecule has 3 aromatic carbocycles. The summed E-state index contributed by atoms with van der Waals surface area (Å²) in [6.07, 6.45) is 0. The van der Waals surface area contributed by atoms with E-state index >= 15 is 0 Å². The summed E-state index contributed by atoms with van der Waals surface area (Å²) in [5, 5.41) is 8.55. The summed E-state index contributed by atoms with van der Waals surface area (Å²) in [5.41, 5.74) is 8.48. The van der Waals surface area contributed by atoms with Crippen LogP contribution in [0.1, 0.15) is 49.9 Å². The van der Waals surface area contributed by atoms with Crippen molar-refractivity contribution in [3.63, 3.8) is 0 Å². The third kappa shape index (κ3) is 2.20. The first kappa shape index (κ1) is 16.8. The van der Waals surface area contributed by atoms with Crippen LogP contribution in [0, 0.1) is 27.7 Å². The molecule has 124 valence electrons. The predicted molar refractivity (Wildman–Crippen MR) is 109 cm³/mol. The number of fused-ring (bicyclic) bond motifs is 2. The summed E-state index contributed by atoms with van der Waals surface area (Å²) in [7, 11) is 0. The highest BCUT2D eigenvalue weighted by atomic mass is 14.2. The fraction of sp³-hybridized carbons (Fsp3) is 0.333. The Bertz CT molecular complexity index is 1010. The van der Waals surface area contributed by atoms with E-state index < -0.39 is 0 Å². The molecule has 0 aliphatic heterocycles. The summed E-state index contributed by atoms with van der Waals surface area (Å²) in [6.45, 7) is 18.1. The summed E-state index contributed by atoms with van der Waals surface area (Å²) in [5.74, 6) is 0. The highest BCUT2D eigenvalue weighted by Gasteiger charge is 2.15. The molecular formula is C24H28. The zero-order valence-corrected chi connectivity index (χ0v) is 16.3. The molecule has 0 radical (unpaired) electrons. The Morgan fingerprint density at radius 3 is 1.17 bits per heavy atom. The Morgan fingerprint density at radius 1 is 0.542 bits per heavy atom. The second kappa shape index (κ2) is 5.77. The van der Waals surface area contributed by atoms with Crippen molar-refractivity contribution in [2.24, 2.45) is 0 Å². The summed E-state index contributed by atoms with van der Waals surface area (Å²) < 4.78 is 0. The van der Waals surface area contributed by atoms with Crippen molar-refractivity contribution in [1.29, 1.82) is 0 Å². The molecule has 0 saturated heterocycles. The zero-order chi connectivity index (χ0) is 17.8. The van der Waals surface area contributed by atoms with Gasteiger partial charge in [-0.2, -0.15) is 0 Å². The van der Waals surface area contributed by atoms with Crippen LogP contribution < -0.4 is 10.4 Å². The maximum atomic E-state index is 2.30. The van der Waals surface area contributed by atoms with E-state index in [0.717, 1.165) is 0 Å². The second-order valence-corrected chi connectivity index (χ2v) is 7.55. The molecular weight excluding hydrogens is 288 g/mol. The van der Waals surface area contributed by atoms with Gasteiger partial charge in [-0.15, -0.1) is 0 Å². The highest BCUT2D eigenvalue weighted by Crippen LogP contribution is 2.33. The van der Waals surface area contributed by atoms with E-state index in [1.54, 1.807) is 0 Å². The molecule has 3 rings (SSSR count). The molecule has 0 unspecified atom stereocenters. The topological polar surface area (TPSA) is 0 Å². The van der Waals surface area contributed by atoms with E-state index in [2.05, 4.69) is 79.7 Å². The third-order valence-electron chi connectivity index (χ3n) is 5.49. The lowest BCUT2D eigenvalue weighted by Crippen LogP contribution is -2.33. The molecule has 0 nitrogen and oxygen atoms in total. The van der Waals surface area contributed by atoms with Gasteiger partial charge in [0, 0.05) is 0 Å². The van der Waals surface area contributed by atoms with Gasteiger partial charge in [0.2, 0.25) is 0 Å². The average molecular weight is 316 g/mol. The molecule has 0 heterocycles. The molecule has 24 heavy (non-hydrogen) atoms. The SMILES string of the molecule is CC(C)=c1c(C)c2c(C)c3ccccc3c(C)c2c(C)c1=C(C)C. The Hall–Kier alpha value is -2.08. The lowest BCUT2D eigenvalue weighted by Gasteiger charge is -2.19. The van der Waals surface area contributed by atoms with Crippen LogP contribution in [-0.4, -0.2) is 0 Å². The quantitative estimate of drug-likeness (QED) is 0.473. The molecule has 0 spiro atoms. The Labute approximate surface area is 145 Å². The van der Waals surface area contributed by atoms with E-state index in [1.807, 2.05) is 0 Å². The second-order valence-electron chi connectivity index (χ2n) is 7.55. The third-order valence-corrected chi connectivity index (χ3v) is 5.49. The van der Waals surface area contributed by atoms with Crippen LogP contribution in [-0.2, 0) is 0 Å². The van der Waals surface area contributed by atoms with Crippen LogP contribution in [0.5, 0.6) is 0 Å². The van der Waals surface area contributed by atoms with Crippen molar-refractivity contribution in [3.8, 4) is 0 Å². The first-order valence-electron chi connectivity index (χ1n) is 8.83. The van der Waals surface area contributed by atoms with E-state index in [1.165, 1.54) is 65.4 Å². The van der Waals surface area contributed by atoms with Gasteiger partial charge in [0.05, 0.1) is 0 Å². The molecule has 0 aliphatic rings. The molecule has 0 fully saturated rings. The van der Waals surface area contributed by atoms with Gasteiger partial charge >= 0.3 is 0 Å². The highest BCUT2D eigenvalue weighted by molar-refractivity contribution is 6.08. The molecule has 0 atom stereocenters. The van der Waals surface area contributed by atoms with Crippen LogP contribution >= 0.6 is 0 Å². The number of hydrogen-bond donors (Lipinski definition) is 0. The van der Waals surface area contributed by atoms with Crippen LogP contribution in [0.2, 0.25) is 0 Å². The Balaban J connectivity index is 2.87. The van der Waals surface area contributed by atoms with Gasteiger partial charge in [0.15, 0.2) is 0 Å². The van der Waals surface area contributed by atoms with Crippen LogP contribution in [0.4, 0.5) is 0 Å². The number of rotatable bonds is 0. The Kier molecular flexibility index (Phi) is 4.03. The van der Waals surface area contributed by atoms with E-state index in [9.17, 15) is 0 Å². The summed E-state index contributed by atoms with van der Waals surface area (Å²) in [4.78, 5) is 0. The molecule has 0 heteroatoms. The minimum absolute atomic E-state index is 1.38. The lowest BCUT2D eigenvalue weighted by molar-refractivity contribution is 1.28. The summed E-state index contributed by atoms with van der Waals surface area (Å²) in [6, 6.07) is 8.83. The monoisotopic (exact) mass is 316 g/mol. The van der Waals surface area contributed by atoms with E-state index in [-0.39, 0.29) is 0 Å². The Morgan fingerprint density at radius 2 is 0.875 bits per heavy atom. The first-order valence-corrected chi connectivity index (χ1v) is 8.83. The smallest absolute Gasteiger partial charge is 0.0107 e. The van der Waals surface area contributed by atoms with Gasteiger partial charge in [-0.3, -0.25) is 0 Å². The van der Waals surface area contributed by atoms with Crippen molar-refractivity contribution in [1.82, 2.24) is 0 Å². The van der Waals surface area contributed by atoms with Gasteiger partial charge in [-0.1, -0.05) is 35.4 Å². The van der Waals surface area contributed by atoms with Gasteiger partial charge in [0.1, 0.15) is 0 Å². The largest absolute Gasteiger partial charge is 0.0683 e. The molecule has 3 aromatic rings. The fourth-order valence-electron chi connectivity index (χ4n) is 4.59.